The summed E-state index contributed by atoms with van der Waals surface area (Å²) in [6.45, 7) is 3.57. The van der Waals surface area contributed by atoms with Crippen LogP contribution in [0.3, 0.4) is 0 Å². The number of anilines is 1. The molecule has 2 aromatic rings. The molecule has 1 atom stereocenters. The van der Waals surface area contributed by atoms with E-state index in [1.807, 2.05) is 0 Å². The predicted molar refractivity (Wildman–Crippen MR) is 88.9 cm³/mol. The number of rotatable bonds is 4. The van der Waals surface area contributed by atoms with Crippen LogP contribution >= 0.6 is 12.4 Å². The number of morpholine rings is 1. The van der Waals surface area contributed by atoms with Gasteiger partial charge >= 0.3 is 0 Å². The van der Waals surface area contributed by atoms with Crippen LogP contribution in [0.5, 0.6) is 5.75 Å². The monoisotopic (exact) mass is 354 g/mol. The molecular formula is C14H19ClN6O3. The van der Waals surface area contributed by atoms with Crippen molar-refractivity contribution in [2.24, 2.45) is 0 Å². The van der Waals surface area contributed by atoms with Gasteiger partial charge in [0.25, 0.3) is 5.91 Å². The first-order valence-electron chi connectivity index (χ1n) is 7.25. The van der Waals surface area contributed by atoms with E-state index < -0.39 is 6.10 Å². The van der Waals surface area contributed by atoms with Crippen molar-refractivity contribution < 1.29 is 14.3 Å². The summed E-state index contributed by atoms with van der Waals surface area (Å²) in [5, 5.41) is 17.4. The van der Waals surface area contributed by atoms with Gasteiger partial charge in [0, 0.05) is 18.8 Å². The van der Waals surface area contributed by atoms with Gasteiger partial charge in [-0.2, -0.15) is 4.68 Å². The number of aryl methyl sites for hydroxylation is 1. The van der Waals surface area contributed by atoms with Gasteiger partial charge < -0.3 is 20.1 Å². The van der Waals surface area contributed by atoms with Gasteiger partial charge in [-0.25, -0.2) is 0 Å². The van der Waals surface area contributed by atoms with Gasteiger partial charge in [-0.3, -0.25) is 4.79 Å². The van der Waals surface area contributed by atoms with Crippen molar-refractivity contribution in [1.29, 1.82) is 0 Å². The summed E-state index contributed by atoms with van der Waals surface area (Å²) in [6, 6.07) is 5.28. The third kappa shape index (κ3) is 3.81. The fourth-order valence-electron chi connectivity index (χ4n) is 2.34. The lowest BCUT2D eigenvalue weighted by Crippen LogP contribution is -2.45. The lowest BCUT2D eigenvalue weighted by atomic mass is 10.2. The molecule has 1 aromatic heterocycles. The van der Waals surface area contributed by atoms with Crippen LogP contribution in [0.2, 0.25) is 0 Å². The van der Waals surface area contributed by atoms with Gasteiger partial charge in [0.15, 0.2) is 5.82 Å². The number of halogens is 1. The van der Waals surface area contributed by atoms with Gasteiger partial charge in [0.1, 0.15) is 17.5 Å². The van der Waals surface area contributed by atoms with E-state index in [9.17, 15) is 4.79 Å². The summed E-state index contributed by atoms with van der Waals surface area (Å²) < 4.78 is 12.3. The zero-order valence-corrected chi connectivity index (χ0v) is 14.2. The Labute approximate surface area is 145 Å². The molecule has 3 rings (SSSR count). The van der Waals surface area contributed by atoms with Crippen LogP contribution in [0.1, 0.15) is 5.82 Å². The molecule has 1 fully saturated rings. The molecule has 0 bridgehead atoms. The molecule has 24 heavy (non-hydrogen) atoms. The molecule has 0 spiro atoms. The van der Waals surface area contributed by atoms with Crippen LogP contribution in [-0.2, 0) is 9.53 Å². The molecule has 9 nitrogen and oxygen atoms in total. The molecule has 0 radical (unpaired) electrons. The maximum atomic E-state index is 12.2. The Morgan fingerprint density at radius 3 is 2.96 bits per heavy atom. The highest BCUT2D eigenvalue weighted by Gasteiger charge is 2.22. The molecule has 0 aliphatic carbocycles. The Hall–Kier alpha value is -2.23. The largest absolute Gasteiger partial charge is 0.494 e. The molecule has 1 unspecified atom stereocenters. The fraction of sp³-hybridized carbons (Fsp3) is 0.429. The van der Waals surface area contributed by atoms with Crippen LogP contribution in [0.25, 0.3) is 5.69 Å². The van der Waals surface area contributed by atoms with E-state index in [2.05, 4.69) is 26.2 Å². The highest BCUT2D eigenvalue weighted by molar-refractivity contribution is 5.94. The number of tetrazole rings is 1. The first-order valence-corrected chi connectivity index (χ1v) is 7.25. The second kappa shape index (κ2) is 8.04. The third-order valence-corrected chi connectivity index (χ3v) is 3.52. The fourth-order valence-corrected chi connectivity index (χ4v) is 2.34. The number of amides is 1. The SMILES string of the molecule is COc1ccc(NC(=O)C2CNCCO2)cc1-n1nnnc1C.Cl. The second-order valence-corrected chi connectivity index (χ2v) is 5.08. The molecule has 1 saturated heterocycles. The summed E-state index contributed by atoms with van der Waals surface area (Å²) in [5.41, 5.74) is 1.27. The van der Waals surface area contributed by atoms with Crippen molar-refractivity contribution in [3.8, 4) is 11.4 Å². The Morgan fingerprint density at radius 1 is 1.50 bits per heavy atom. The maximum Gasteiger partial charge on any atom is 0.254 e. The number of ether oxygens (including phenoxy) is 2. The van der Waals surface area contributed by atoms with Crippen LogP contribution < -0.4 is 15.4 Å². The van der Waals surface area contributed by atoms with Gasteiger partial charge in [-0.1, -0.05) is 0 Å². The van der Waals surface area contributed by atoms with E-state index in [4.69, 9.17) is 9.47 Å². The zero-order chi connectivity index (χ0) is 16.2. The molecule has 1 aliphatic rings. The standard InChI is InChI=1S/C14H18N6O3.ClH/c1-9-17-18-19-20(9)11-7-10(3-4-12(11)22-2)16-14(21)13-8-15-5-6-23-13;/h3-4,7,13,15H,5-6,8H2,1-2H3,(H,16,21);1H. The molecule has 2 heterocycles. The van der Waals surface area contributed by atoms with Crippen molar-refractivity contribution in [3.63, 3.8) is 0 Å². The van der Waals surface area contributed by atoms with Crippen molar-refractivity contribution in [2.45, 2.75) is 13.0 Å². The zero-order valence-electron chi connectivity index (χ0n) is 13.4. The van der Waals surface area contributed by atoms with Crippen LogP contribution in [0.4, 0.5) is 5.69 Å². The Bertz CT molecular complexity index is 702. The van der Waals surface area contributed by atoms with Gasteiger partial charge in [-0.05, 0) is 35.5 Å². The molecule has 1 aliphatic heterocycles. The minimum atomic E-state index is -0.496. The number of methoxy groups -OCH3 is 1. The van der Waals surface area contributed by atoms with Crippen LogP contribution in [0, 0.1) is 6.92 Å². The maximum absolute atomic E-state index is 12.2. The Kier molecular flexibility index (Phi) is 6.07. The molecule has 2 N–H and O–H groups in total. The second-order valence-electron chi connectivity index (χ2n) is 5.08. The minimum Gasteiger partial charge on any atom is -0.494 e. The number of carbonyl (C=O) groups is 1. The number of benzene rings is 1. The lowest BCUT2D eigenvalue weighted by molar-refractivity contribution is -0.128. The number of nitrogens with one attached hydrogen (secondary N) is 2. The minimum absolute atomic E-state index is 0. The summed E-state index contributed by atoms with van der Waals surface area (Å²) in [7, 11) is 1.57. The molecule has 1 aromatic carbocycles. The average molecular weight is 355 g/mol. The van der Waals surface area contributed by atoms with Crippen molar-refractivity contribution >= 4 is 24.0 Å². The highest BCUT2D eigenvalue weighted by atomic mass is 35.5. The van der Waals surface area contributed by atoms with Gasteiger partial charge in [-0.15, -0.1) is 17.5 Å². The normalized spacial score (nSPS) is 17.0. The van der Waals surface area contributed by atoms with E-state index in [1.54, 1.807) is 36.9 Å². The summed E-state index contributed by atoms with van der Waals surface area (Å²) in [6.07, 6.45) is -0.496. The first kappa shape index (κ1) is 18.1. The topological polar surface area (TPSA) is 103 Å². The van der Waals surface area contributed by atoms with Crippen LogP contribution in [0.15, 0.2) is 18.2 Å². The molecule has 130 valence electrons. The smallest absolute Gasteiger partial charge is 0.254 e. The Balaban J connectivity index is 0.00000208. The molecule has 10 heteroatoms. The van der Waals surface area contributed by atoms with E-state index in [-0.39, 0.29) is 18.3 Å². The average Bonchev–Trinajstić information content (AvgIpc) is 3.01. The number of nitrogens with zero attached hydrogens (tertiary/aromatic N) is 4. The van der Waals surface area contributed by atoms with E-state index in [0.29, 0.717) is 36.1 Å². The highest BCUT2D eigenvalue weighted by Crippen LogP contribution is 2.26. The quantitative estimate of drug-likeness (QED) is 0.815. The van der Waals surface area contributed by atoms with E-state index in [1.165, 1.54) is 0 Å². The van der Waals surface area contributed by atoms with E-state index in [0.717, 1.165) is 6.54 Å². The number of aromatic nitrogens is 4. The summed E-state index contributed by atoms with van der Waals surface area (Å²) >= 11 is 0. The first-order chi connectivity index (χ1) is 11.2. The Morgan fingerprint density at radius 2 is 2.33 bits per heavy atom. The van der Waals surface area contributed by atoms with Crippen molar-refractivity contribution in [1.82, 2.24) is 25.5 Å². The van der Waals surface area contributed by atoms with E-state index >= 15 is 0 Å². The lowest BCUT2D eigenvalue weighted by Gasteiger charge is -2.22. The number of hydrogen-bond acceptors (Lipinski definition) is 7. The molecule has 0 saturated carbocycles. The van der Waals surface area contributed by atoms with Gasteiger partial charge in [0.05, 0.1) is 13.7 Å². The molecule has 1 amide bonds. The predicted octanol–water partition coefficient (Wildman–Crippen LogP) is 0.328. The van der Waals surface area contributed by atoms with Crippen LogP contribution in [-0.4, -0.2) is 59.0 Å². The third-order valence-electron chi connectivity index (χ3n) is 3.52. The van der Waals surface area contributed by atoms with Gasteiger partial charge in [0.2, 0.25) is 0 Å². The summed E-state index contributed by atoms with van der Waals surface area (Å²) in [5.74, 6) is 1.03. The van der Waals surface area contributed by atoms with Crippen molar-refractivity contribution in [2.75, 3.05) is 32.1 Å². The summed E-state index contributed by atoms with van der Waals surface area (Å²) in [4.78, 5) is 12.2. The number of carbonyl (C=O) groups excluding carboxylic acids is 1. The molecular weight excluding hydrogens is 336 g/mol. The van der Waals surface area contributed by atoms with Crippen molar-refractivity contribution in [3.05, 3.63) is 24.0 Å². The number of hydrogen-bond donors (Lipinski definition) is 2.